The van der Waals surface area contributed by atoms with E-state index in [1.807, 2.05) is 13.0 Å². The lowest BCUT2D eigenvalue weighted by molar-refractivity contribution is 0.243. The predicted molar refractivity (Wildman–Crippen MR) is 91.8 cm³/mol. The highest BCUT2D eigenvalue weighted by Crippen LogP contribution is 2.33. The van der Waals surface area contributed by atoms with Crippen molar-refractivity contribution in [3.8, 4) is 0 Å². The number of piperidine rings is 1. The van der Waals surface area contributed by atoms with Crippen LogP contribution in [0.15, 0.2) is 26.0 Å². The average molecular weight is 440 g/mol. The molecule has 0 radical (unpaired) electrons. The van der Waals surface area contributed by atoms with E-state index >= 15 is 0 Å². The topological polar surface area (TPSA) is 63.4 Å². The third-order valence-electron chi connectivity index (χ3n) is 3.87. The van der Waals surface area contributed by atoms with Crippen molar-refractivity contribution in [3.63, 3.8) is 0 Å². The summed E-state index contributed by atoms with van der Waals surface area (Å²) in [5, 5.41) is 0. The summed E-state index contributed by atoms with van der Waals surface area (Å²) >= 11 is 6.81. The Balaban J connectivity index is 2.43. The van der Waals surface area contributed by atoms with Gasteiger partial charge in [0.25, 0.3) is 0 Å². The SMILES string of the molecule is Cc1cc(Br)c(S(=O)(=O)N2CCCCC2CCN)cc1Br. The van der Waals surface area contributed by atoms with Gasteiger partial charge in [-0.15, -0.1) is 0 Å². The monoisotopic (exact) mass is 438 g/mol. The van der Waals surface area contributed by atoms with Gasteiger partial charge in [0.2, 0.25) is 10.0 Å². The molecule has 1 aromatic rings. The van der Waals surface area contributed by atoms with Gasteiger partial charge < -0.3 is 5.73 Å². The fourth-order valence-corrected chi connectivity index (χ4v) is 6.09. The third kappa shape index (κ3) is 3.69. The molecule has 4 nitrogen and oxygen atoms in total. The van der Waals surface area contributed by atoms with E-state index in [2.05, 4.69) is 31.9 Å². The normalized spacial score (nSPS) is 20.7. The van der Waals surface area contributed by atoms with Crippen molar-refractivity contribution in [1.82, 2.24) is 4.31 Å². The van der Waals surface area contributed by atoms with E-state index in [1.54, 1.807) is 10.4 Å². The largest absolute Gasteiger partial charge is 0.330 e. The first-order valence-electron chi connectivity index (χ1n) is 7.05. The maximum atomic E-state index is 13.0. The second-order valence-corrected chi connectivity index (χ2v) is 8.94. The van der Waals surface area contributed by atoms with Crippen LogP contribution in [0, 0.1) is 6.92 Å². The molecule has 7 heteroatoms. The molecule has 21 heavy (non-hydrogen) atoms. The lowest BCUT2D eigenvalue weighted by atomic mass is 10.0. The van der Waals surface area contributed by atoms with Crippen LogP contribution in [0.4, 0.5) is 0 Å². The van der Waals surface area contributed by atoms with Gasteiger partial charge in [-0.25, -0.2) is 8.42 Å². The molecule has 0 bridgehead atoms. The van der Waals surface area contributed by atoms with Crippen LogP contribution >= 0.6 is 31.9 Å². The van der Waals surface area contributed by atoms with Gasteiger partial charge in [0.1, 0.15) is 0 Å². The van der Waals surface area contributed by atoms with Crippen LogP contribution in [0.5, 0.6) is 0 Å². The first-order chi connectivity index (χ1) is 9.87. The number of halogens is 2. The smallest absolute Gasteiger partial charge is 0.244 e. The number of rotatable bonds is 4. The molecule has 0 aliphatic carbocycles. The van der Waals surface area contributed by atoms with Gasteiger partial charge in [0.15, 0.2) is 0 Å². The average Bonchev–Trinajstić information content (AvgIpc) is 2.43. The van der Waals surface area contributed by atoms with Crippen LogP contribution in [-0.2, 0) is 10.0 Å². The Hall–Kier alpha value is 0.0500. The molecule has 1 saturated heterocycles. The van der Waals surface area contributed by atoms with Crippen molar-refractivity contribution < 1.29 is 8.42 Å². The van der Waals surface area contributed by atoms with Crippen molar-refractivity contribution in [1.29, 1.82) is 0 Å². The second-order valence-electron chi connectivity index (χ2n) is 5.37. The number of hydrogen-bond donors (Lipinski definition) is 1. The number of nitrogens with two attached hydrogens (primary N) is 1. The first kappa shape index (κ1) is 17.4. The molecule has 1 unspecified atom stereocenters. The van der Waals surface area contributed by atoms with Crippen molar-refractivity contribution in [2.45, 2.75) is 43.5 Å². The third-order valence-corrected chi connectivity index (χ3v) is 7.64. The molecule has 1 heterocycles. The summed E-state index contributed by atoms with van der Waals surface area (Å²) in [4.78, 5) is 0.323. The minimum Gasteiger partial charge on any atom is -0.330 e. The molecule has 1 aliphatic heterocycles. The van der Waals surface area contributed by atoms with Crippen LogP contribution in [-0.4, -0.2) is 31.9 Å². The van der Waals surface area contributed by atoms with Crippen molar-refractivity contribution in [3.05, 3.63) is 26.6 Å². The van der Waals surface area contributed by atoms with Gasteiger partial charge in [0.05, 0.1) is 4.90 Å². The molecule has 2 N–H and O–H groups in total. The number of aryl methyl sites for hydroxylation is 1. The lowest BCUT2D eigenvalue weighted by Crippen LogP contribution is -2.44. The maximum Gasteiger partial charge on any atom is 0.244 e. The van der Waals surface area contributed by atoms with Crippen LogP contribution < -0.4 is 5.73 Å². The summed E-state index contributed by atoms with van der Waals surface area (Å²) in [7, 11) is -3.50. The fraction of sp³-hybridized carbons (Fsp3) is 0.571. The van der Waals surface area contributed by atoms with E-state index in [9.17, 15) is 8.42 Å². The fourth-order valence-electron chi connectivity index (χ4n) is 2.72. The highest BCUT2D eigenvalue weighted by molar-refractivity contribution is 9.11. The molecule has 2 rings (SSSR count). The molecule has 0 amide bonds. The predicted octanol–water partition coefficient (Wildman–Crippen LogP) is 3.41. The minimum atomic E-state index is -3.50. The molecule has 0 aromatic heterocycles. The first-order valence-corrected chi connectivity index (χ1v) is 10.1. The summed E-state index contributed by atoms with van der Waals surface area (Å²) in [6.07, 6.45) is 3.57. The Labute approximate surface area is 143 Å². The summed E-state index contributed by atoms with van der Waals surface area (Å²) in [5.74, 6) is 0. The van der Waals surface area contributed by atoms with Gasteiger partial charge >= 0.3 is 0 Å². The number of hydrogen-bond acceptors (Lipinski definition) is 3. The Morgan fingerprint density at radius 3 is 2.67 bits per heavy atom. The summed E-state index contributed by atoms with van der Waals surface area (Å²) in [5.41, 5.74) is 6.64. The quantitative estimate of drug-likeness (QED) is 0.781. The van der Waals surface area contributed by atoms with Gasteiger partial charge in [-0.1, -0.05) is 22.4 Å². The Morgan fingerprint density at radius 1 is 1.29 bits per heavy atom. The molecule has 1 atom stereocenters. The van der Waals surface area contributed by atoms with Crippen molar-refractivity contribution in [2.24, 2.45) is 5.73 Å². The van der Waals surface area contributed by atoms with Crippen molar-refractivity contribution >= 4 is 41.9 Å². The molecule has 1 aliphatic rings. The van der Waals surface area contributed by atoms with E-state index in [0.717, 1.165) is 29.3 Å². The van der Waals surface area contributed by atoms with Crippen LogP contribution in [0.1, 0.15) is 31.2 Å². The maximum absolute atomic E-state index is 13.0. The Morgan fingerprint density at radius 2 is 2.00 bits per heavy atom. The van der Waals surface area contributed by atoms with Crippen LogP contribution in [0.25, 0.3) is 0 Å². The number of nitrogens with zero attached hydrogens (tertiary/aromatic N) is 1. The molecule has 0 spiro atoms. The van der Waals surface area contributed by atoms with Gasteiger partial charge in [-0.3, -0.25) is 0 Å². The zero-order valence-electron chi connectivity index (χ0n) is 12.0. The Bertz CT molecular complexity index is 618. The second kappa shape index (κ2) is 7.08. The number of benzene rings is 1. The summed E-state index contributed by atoms with van der Waals surface area (Å²) < 4.78 is 29.0. The van der Waals surface area contributed by atoms with Gasteiger partial charge in [-0.2, -0.15) is 4.31 Å². The van der Waals surface area contributed by atoms with Crippen molar-refractivity contribution in [2.75, 3.05) is 13.1 Å². The molecule has 118 valence electrons. The van der Waals surface area contributed by atoms with Crippen LogP contribution in [0.2, 0.25) is 0 Å². The van der Waals surface area contributed by atoms with E-state index in [0.29, 0.717) is 28.9 Å². The van der Waals surface area contributed by atoms with Gasteiger partial charge in [-0.05, 0) is 66.4 Å². The van der Waals surface area contributed by atoms with Gasteiger partial charge in [0, 0.05) is 21.5 Å². The van der Waals surface area contributed by atoms with E-state index in [1.165, 1.54) is 0 Å². The zero-order valence-corrected chi connectivity index (χ0v) is 16.0. The van der Waals surface area contributed by atoms with E-state index in [-0.39, 0.29) is 6.04 Å². The zero-order chi connectivity index (χ0) is 15.6. The molecule has 1 fully saturated rings. The standard InChI is InChI=1S/C14H20Br2N2O2S/c1-10-8-13(16)14(9-12(10)15)21(19,20)18-7-3-2-4-11(18)5-6-17/h8-9,11H,2-7,17H2,1H3. The molecule has 0 saturated carbocycles. The molecular formula is C14H20Br2N2O2S. The summed E-state index contributed by atoms with van der Waals surface area (Å²) in [6, 6.07) is 3.53. The molecule has 1 aromatic carbocycles. The summed E-state index contributed by atoms with van der Waals surface area (Å²) in [6.45, 7) is 3.02. The minimum absolute atomic E-state index is 0.0146. The highest BCUT2D eigenvalue weighted by Gasteiger charge is 2.34. The Kier molecular flexibility index (Phi) is 5.87. The van der Waals surface area contributed by atoms with Crippen LogP contribution in [0.3, 0.4) is 0 Å². The van der Waals surface area contributed by atoms with E-state index < -0.39 is 10.0 Å². The van der Waals surface area contributed by atoms with E-state index in [4.69, 9.17) is 5.73 Å². The number of sulfonamides is 1. The highest BCUT2D eigenvalue weighted by atomic mass is 79.9. The lowest BCUT2D eigenvalue weighted by Gasteiger charge is -2.34. The molecular weight excluding hydrogens is 420 g/mol.